The summed E-state index contributed by atoms with van der Waals surface area (Å²) in [7, 11) is 0. The second kappa shape index (κ2) is 6.92. The fourth-order valence-corrected chi connectivity index (χ4v) is 3.70. The number of carbonyl (C=O) groups is 1. The molecule has 1 heterocycles. The Bertz CT molecular complexity index is 739. The van der Waals surface area contributed by atoms with Crippen LogP contribution in [-0.4, -0.2) is 23.5 Å². The normalized spacial score (nSPS) is 19.4. The average molecular weight is 363 g/mol. The highest BCUT2D eigenvalue weighted by Crippen LogP contribution is 2.40. The monoisotopic (exact) mass is 362 g/mol. The number of rotatable bonds is 3. The molecule has 0 radical (unpaired) electrons. The Hall–Kier alpha value is -2.28. The molecular weight excluding hydrogens is 340 g/mol. The van der Waals surface area contributed by atoms with Gasteiger partial charge < -0.3 is 16.8 Å². The van der Waals surface area contributed by atoms with Crippen molar-refractivity contribution in [3.8, 4) is 0 Å². The first kappa shape index (κ1) is 17.5. The smallest absolute Gasteiger partial charge is 0.224 e. The second-order valence-electron chi connectivity index (χ2n) is 6.38. The summed E-state index contributed by atoms with van der Waals surface area (Å²) < 4.78 is 0. The molecular formula is C17H23ClN6O. The molecule has 3 rings (SSSR count). The maximum absolute atomic E-state index is 11.6. The summed E-state index contributed by atoms with van der Waals surface area (Å²) in [4.78, 5) is 22.3. The Morgan fingerprint density at radius 2 is 2.04 bits per heavy atom. The summed E-state index contributed by atoms with van der Waals surface area (Å²) in [6, 6.07) is 5.42. The molecule has 0 saturated heterocycles. The Morgan fingerprint density at radius 3 is 2.68 bits per heavy atom. The van der Waals surface area contributed by atoms with E-state index in [2.05, 4.69) is 15.3 Å². The van der Waals surface area contributed by atoms with Crippen molar-refractivity contribution in [1.29, 1.82) is 0 Å². The average Bonchev–Trinajstić information content (AvgIpc) is 2.57. The zero-order valence-electron chi connectivity index (χ0n) is 14.3. The zero-order valence-corrected chi connectivity index (χ0v) is 15.0. The number of anilines is 2. The number of amides is 1. The van der Waals surface area contributed by atoms with Gasteiger partial charge in [0.25, 0.3) is 0 Å². The van der Waals surface area contributed by atoms with Gasteiger partial charge in [-0.05, 0) is 43.9 Å². The lowest BCUT2D eigenvalue weighted by atomic mass is 9.87. The molecule has 7 nitrogen and oxygen atoms in total. The van der Waals surface area contributed by atoms with Crippen molar-refractivity contribution in [2.45, 2.75) is 51.1 Å². The van der Waals surface area contributed by atoms with Crippen molar-refractivity contribution in [1.82, 2.24) is 0 Å². The van der Waals surface area contributed by atoms with E-state index in [0.29, 0.717) is 23.1 Å². The van der Waals surface area contributed by atoms with Crippen LogP contribution in [0.1, 0.15) is 45.4 Å². The molecule has 1 amide bonds. The summed E-state index contributed by atoms with van der Waals surface area (Å²) in [6.07, 6.45) is 5.38. The molecule has 1 aliphatic heterocycles. The minimum Gasteiger partial charge on any atom is -0.369 e. The summed E-state index contributed by atoms with van der Waals surface area (Å²) in [6.45, 7) is 1.79. The van der Waals surface area contributed by atoms with Crippen molar-refractivity contribution in [2.24, 2.45) is 21.5 Å². The zero-order chi connectivity index (χ0) is 18.0. The van der Waals surface area contributed by atoms with Crippen LogP contribution in [0.3, 0.4) is 0 Å². The van der Waals surface area contributed by atoms with Gasteiger partial charge >= 0.3 is 0 Å². The molecule has 1 saturated carbocycles. The van der Waals surface area contributed by atoms with Crippen molar-refractivity contribution >= 4 is 40.8 Å². The number of guanidine groups is 2. The minimum atomic E-state index is -0.508. The van der Waals surface area contributed by atoms with Crippen LogP contribution in [0.25, 0.3) is 0 Å². The van der Waals surface area contributed by atoms with Crippen LogP contribution in [0, 0.1) is 0 Å². The molecule has 5 N–H and O–H groups in total. The Labute approximate surface area is 152 Å². The fraction of sp³-hybridized carbons (Fsp3) is 0.471. The lowest BCUT2D eigenvalue weighted by Gasteiger charge is -2.45. The fourth-order valence-electron chi connectivity index (χ4n) is 3.48. The van der Waals surface area contributed by atoms with Gasteiger partial charge in [-0.2, -0.15) is 4.99 Å². The number of hydrogen-bond donors (Lipinski definition) is 3. The lowest BCUT2D eigenvalue weighted by Crippen LogP contribution is -2.58. The third kappa shape index (κ3) is 3.42. The number of aliphatic imine (C=N–C) groups is 2. The second-order valence-corrected chi connectivity index (χ2v) is 6.79. The maximum atomic E-state index is 11.6. The molecule has 0 bridgehead atoms. The molecule has 0 atom stereocenters. The van der Waals surface area contributed by atoms with Gasteiger partial charge in [-0.25, -0.2) is 4.99 Å². The largest absolute Gasteiger partial charge is 0.369 e. The van der Waals surface area contributed by atoms with Crippen molar-refractivity contribution < 1.29 is 4.79 Å². The predicted molar refractivity (Wildman–Crippen MR) is 102 cm³/mol. The third-order valence-electron chi connectivity index (χ3n) is 4.66. The standard InChI is InChI=1S/C17H23ClN6O/c1-2-14(25)21-13-7-6-11(10-12(13)18)24-16(20)22-15(19)23-17(24)8-4-3-5-9-17/h6-7,10H,2-5,8-9H2,1H3,(H,21,25)(H4,19,20,22,23). The minimum absolute atomic E-state index is 0.0881. The van der Waals surface area contributed by atoms with Gasteiger partial charge in [0.15, 0.2) is 0 Å². The van der Waals surface area contributed by atoms with Gasteiger partial charge in [0.2, 0.25) is 17.8 Å². The quantitative estimate of drug-likeness (QED) is 0.767. The highest BCUT2D eigenvalue weighted by atomic mass is 35.5. The summed E-state index contributed by atoms with van der Waals surface area (Å²) >= 11 is 6.37. The molecule has 0 aromatic heterocycles. The number of halogens is 1. The molecule has 1 aromatic carbocycles. The van der Waals surface area contributed by atoms with Gasteiger partial charge in [-0.1, -0.05) is 24.9 Å². The molecule has 0 unspecified atom stereocenters. The Kier molecular flexibility index (Phi) is 4.85. The number of hydrogen-bond acceptors (Lipinski definition) is 6. The van der Waals surface area contributed by atoms with Crippen LogP contribution in [-0.2, 0) is 4.79 Å². The molecule has 25 heavy (non-hydrogen) atoms. The molecule has 1 aliphatic carbocycles. The van der Waals surface area contributed by atoms with Crippen molar-refractivity contribution in [2.75, 3.05) is 10.2 Å². The van der Waals surface area contributed by atoms with Crippen molar-refractivity contribution in [3.63, 3.8) is 0 Å². The first-order valence-corrected chi connectivity index (χ1v) is 8.92. The van der Waals surface area contributed by atoms with E-state index in [1.165, 1.54) is 6.42 Å². The van der Waals surface area contributed by atoms with E-state index in [0.717, 1.165) is 31.4 Å². The molecule has 1 aromatic rings. The van der Waals surface area contributed by atoms with Crippen LogP contribution in [0.5, 0.6) is 0 Å². The molecule has 134 valence electrons. The highest BCUT2D eigenvalue weighted by Gasteiger charge is 2.42. The Balaban J connectivity index is 1.97. The molecule has 8 heteroatoms. The van der Waals surface area contributed by atoms with E-state index in [1.807, 2.05) is 11.0 Å². The van der Waals surface area contributed by atoms with E-state index in [-0.39, 0.29) is 11.9 Å². The maximum Gasteiger partial charge on any atom is 0.224 e. The van der Waals surface area contributed by atoms with Crippen LogP contribution in [0.4, 0.5) is 11.4 Å². The van der Waals surface area contributed by atoms with Crippen LogP contribution < -0.4 is 21.7 Å². The van der Waals surface area contributed by atoms with Crippen LogP contribution in [0.2, 0.25) is 5.02 Å². The van der Waals surface area contributed by atoms with Gasteiger partial charge in [0.05, 0.1) is 10.7 Å². The van der Waals surface area contributed by atoms with E-state index < -0.39 is 5.66 Å². The number of nitrogens with zero attached hydrogens (tertiary/aromatic N) is 3. The SMILES string of the molecule is CCC(=O)Nc1ccc(N2C(N)=NC(N)=NC23CCCCC3)cc1Cl. The van der Waals surface area contributed by atoms with Crippen LogP contribution in [0.15, 0.2) is 28.2 Å². The summed E-state index contributed by atoms with van der Waals surface area (Å²) in [5.74, 6) is 0.444. The van der Waals surface area contributed by atoms with Gasteiger partial charge in [0.1, 0.15) is 5.66 Å². The summed E-state index contributed by atoms with van der Waals surface area (Å²) in [5.41, 5.74) is 12.9. The predicted octanol–water partition coefficient (Wildman–Crippen LogP) is 2.80. The number of carbonyl (C=O) groups excluding carboxylic acids is 1. The highest BCUT2D eigenvalue weighted by molar-refractivity contribution is 6.34. The first-order valence-electron chi connectivity index (χ1n) is 8.54. The van der Waals surface area contributed by atoms with Crippen LogP contribution >= 0.6 is 11.6 Å². The van der Waals surface area contributed by atoms with E-state index >= 15 is 0 Å². The number of nitrogens with two attached hydrogens (primary N) is 2. The van der Waals surface area contributed by atoms with Crippen molar-refractivity contribution in [3.05, 3.63) is 23.2 Å². The van der Waals surface area contributed by atoms with Gasteiger partial charge in [0, 0.05) is 12.1 Å². The van der Waals surface area contributed by atoms with Gasteiger partial charge in [-0.15, -0.1) is 0 Å². The topological polar surface area (TPSA) is 109 Å². The lowest BCUT2D eigenvalue weighted by molar-refractivity contribution is -0.115. The Morgan fingerprint density at radius 1 is 1.32 bits per heavy atom. The van der Waals surface area contributed by atoms with E-state index in [4.69, 9.17) is 23.1 Å². The first-order chi connectivity index (χ1) is 11.9. The molecule has 1 spiro atoms. The third-order valence-corrected chi connectivity index (χ3v) is 4.97. The summed E-state index contributed by atoms with van der Waals surface area (Å²) in [5, 5.41) is 3.23. The number of benzene rings is 1. The number of nitrogens with one attached hydrogen (secondary N) is 1. The molecule has 2 aliphatic rings. The van der Waals surface area contributed by atoms with Gasteiger partial charge in [-0.3, -0.25) is 9.69 Å². The molecule has 1 fully saturated rings. The van der Waals surface area contributed by atoms with E-state index in [1.54, 1.807) is 19.1 Å². The van der Waals surface area contributed by atoms with E-state index in [9.17, 15) is 4.79 Å².